The molecule has 154 valence electrons. The third kappa shape index (κ3) is 4.03. The molecule has 0 aliphatic carbocycles. The zero-order valence-electron chi connectivity index (χ0n) is 15.2. The second kappa shape index (κ2) is 7.69. The van der Waals surface area contributed by atoms with Crippen LogP contribution in [0.2, 0.25) is 0 Å². The van der Waals surface area contributed by atoms with Gasteiger partial charge in [-0.05, 0) is 28.1 Å². The van der Waals surface area contributed by atoms with Crippen LogP contribution in [0, 0.1) is 0 Å². The van der Waals surface area contributed by atoms with Crippen molar-refractivity contribution in [3.63, 3.8) is 0 Å². The summed E-state index contributed by atoms with van der Waals surface area (Å²) in [4.78, 5) is 18.2. The van der Waals surface area contributed by atoms with Gasteiger partial charge in [-0.3, -0.25) is 9.52 Å². The number of alkyl halides is 3. The second-order valence-electron chi connectivity index (χ2n) is 6.59. The molecule has 1 N–H and O–H groups in total. The molecule has 1 aliphatic rings. The summed E-state index contributed by atoms with van der Waals surface area (Å²) in [6, 6.07) is 2.77. The van der Waals surface area contributed by atoms with Gasteiger partial charge in [-0.2, -0.15) is 13.2 Å². The summed E-state index contributed by atoms with van der Waals surface area (Å²) in [5, 5.41) is 0. The lowest BCUT2D eigenvalue weighted by Crippen LogP contribution is -2.58. The fourth-order valence-electron chi connectivity index (χ4n) is 3.11. The van der Waals surface area contributed by atoms with E-state index in [1.165, 1.54) is 23.1 Å². The Bertz CT molecular complexity index is 1060. The third-order valence-electron chi connectivity index (χ3n) is 4.54. The van der Waals surface area contributed by atoms with Gasteiger partial charge >= 0.3 is 6.18 Å². The average Bonchev–Trinajstić information content (AvgIpc) is 3.24. The zero-order valence-corrected chi connectivity index (χ0v) is 17.6. The molecule has 0 atom stereocenters. The maximum atomic E-state index is 13.6. The van der Waals surface area contributed by atoms with Gasteiger partial charge in [0.1, 0.15) is 11.3 Å². The van der Waals surface area contributed by atoms with Crippen LogP contribution in [0.15, 0.2) is 39.9 Å². The average molecular weight is 489 g/mol. The monoisotopic (exact) mass is 488 g/mol. The Labute approximate surface area is 176 Å². The van der Waals surface area contributed by atoms with E-state index in [9.17, 15) is 18.0 Å². The van der Waals surface area contributed by atoms with E-state index in [0.717, 1.165) is 11.8 Å². The van der Waals surface area contributed by atoms with Gasteiger partial charge < -0.3 is 13.7 Å². The molecule has 0 bridgehead atoms. The molecule has 4 heterocycles. The van der Waals surface area contributed by atoms with Crippen LogP contribution in [0.5, 0.6) is 0 Å². The number of rotatable bonds is 5. The van der Waals surface area contributed by atoms with Crippen molar-refractivity contribution in [1.82, 2.24) is 19.0 Å². The first-order chi connectivity index (χ1) is 13.8. The molecule has 1 amide bonds. The highest BCUT2D eigenvalue weighted by molar-refractivity contribution is 9.10. The van der Waals surface area contributed by atoms with E-state index in [1.54, 1.807) is 22.9 Å². The molecule has 1 fully saturated rings. The van der Waals surface area contributed by atoms with Crippen molar-refractivity contribution in [2.45, 2.75) is 19.1 Å². The van der Waals surface area contributed by atoms with Gasteiger partial charge in [-0.25, -0.2) is 4.98 Å². The molecule has 6 nitrogen and oxygen atoms in total. The number of halogens is 4. The van der Waals surface area contributed by atoms with Gasteiger partial charge in [0.15, 0.2) is 4.67 Å². The standard InChI is InChI=1S/C18H16BrF3N4O2S/c1-2-29-24-12-6-26(7-12)17(27)14-8-25-5-10(11-4-15(19)28-9-11)3-13(16(25)23-14)18(20,21)22/h3-5,8-9,12,24H,2,6-7H2,1H3. The number of hydrogen-bond donors (Lipinski definition) is 1. The van der Waals surface area contributed by atoms with Crippen LogP contribution in [0.25, 0.3) is 16.8 Å². The third-order valence-corrected chi connectivity index (χ3v) is 5.74. The lowest BCUT2D eigenvalue weighted by atomic mass is 10.1. The molecule has 0 saturated carbocycles. The number of carbonyl (C=O) groups excluding carboxylic acids is 1. The number of hydrogen-bond acceptors (Lipinski definition) is 5. The van der Waals surface area contributed by atoms with Crippen LogP contribution in [0.3, 0.4) is 0 Å². The quantitative estimate of drug-likeness (QED) is 0.537. The molecule has 4 rings (SSSR count). The fraction of sp³-hybridized carbons (Fsp3) is 0.333. The highest BCUT2D eigenvalue weighted by atomic mass is 79.9. The number of carbonyl (C=O) groups is 1. The molecule has 3 aromatic rings. The van der Waals surface area contributed by atoms with Gasteiger partial charge in [0.2, 0.25) is 0 Å². The van der Waals surface area contributed by atoms with Crippen molar-refractivity contribution in [2.75, 3.05) is 18.8 Å². The summed E-state index contributed by atoms with van der Waals surface area (Å²) in [5.41, 5.74) is -0.434. The predicted octanol–water partition coefficient (Wildman–Crippen LogP) is 4.46. The Morgan fingerprint density at radius 1 is 1.34 bits per heavy atom. The van der Waals surface area contributed by atoms with Crippen LogP contribution in [-0.2, 0) is 6.18 Å². The van der Waals surface area contributed by atoms with Gasteiger partial charge in [0.05, 0.1) is 17.9 Å². The van der Waals surface area contributed by atoms with Crippen LogP contribution in [-0.4, -0.2) is 45.1 Å². The molecule has 1 aliphatic heterocycles. The molecular weight excluding hydrogens is 473 g/mol. The Balaban J connectivity index is 1.67. The van der Waals surface area contributed by atoms with Gasteiger partial charge in [-0.1, -0.05) is 18.9 Å². The molecule has 0 unspecified atom stereocenters. The number of imidazole rings is 1. The van der Waals surface area contributed by atoms with Crippen molar-refractivity contribution >= 4 is 39.4 Å². The van der Waals surface area contributed by atoms with Gasteiger partial charge in [0.25, 0.3) is 5.91 Å². The van der Waals surface area contributed by atoms with Crippen molar-refractivity contribution < 1.29 is 22.4 Å². The summed E-state index contributed by atoms with van der Waals surface area (Å²) >= 11 is 4.71. The smallest absolute Gasteiger partial charge is 0.420 e. The number of fused-ring (bicyclic) bond motifs is 1. The van der Waals surface area contributed by atoms with Crippen molar-refractivity contribution in [1.29, 1.82) is 0 Å². The number of aromatic nitrogens is 2. The number of furan rings is 1. The Morgan fingerprint density at radius 2 is 2.10 bits per heavy atom. The minimum absolute atomic E-state index is 0.0115. The fourth-order valence-corrected chi connectivity index (χ4v) is 4.00. The molecule has 11 heteroatoms. The Hall–Kier alpha value is -1.98. The van der Waals surface area contributed by atoms with E-state index in [-0.39, 0.29) is 23.3 Å². The van der Waals surface area contributed by atoms with Crippen LogP contribution in [0.1, 0.15) is 23.0 Å². The maximum Gasteiger partial charge on any atom is 0.420 e. The zero-order chi connectivity index (χ0) is 20.8. The lowest BCUT2D eigenvalue weighted by molar-refractivity contribution is -0.136. The molecule has 0 radical (unpaired) electrons. The van der Waals surface area contributed by atoms with E-state index >= 15 is 0 Å². The number of nitrogens with zero attached hydrogens (tertiary/aromatic N) is 3. The van der Waals surface area contributed by atoms with Crippen molar-refractivity contribution in [3.8, 4) is 11.1 Å². The first kappa shape index (κ1) is 20.3. The van der Waals surface area contributed by atoms with E-state index in [4.69, 9.17) is 4.42 Å². The van der Waals surface area contributed by atoms with E-state index in [2.05, 4.69) is 25.6 Å². The summed E-state index contributed by atoms with van der Waals surface area (Å²) in [6.07, 6.45) is -0.417. The first-order valence-corrected chi connectivity index (χ1v) is 10.5. The van der Waals surface area contributed by atoms with Crippen LogP contribution < -0.4 is 4.72 Å². The predicted molar refractivity (Wildman–Crippen MR) is 107 cm³/mol. The van der Waals surface area contributed by atoms with Gasteiger partial charge in [0, 0.05) is 42.4 Å². The molecule has 0 aromatic carbocycles. The summed E-state index contributed by atoms with van der Waals surface area (Å²) in [6.45, 7) is 3.02. The molecule has 1 saturated heterocycles. The Morgan fingerprint density at radius 3 is 2.72 bits per heavy atom. The van der Waals surface area contributed by atoms with Gasteiger partial charge in [-0.15, -0.1) is 0 Å². The number of amides is 1. The summed E-state index contributed by atoms with van der Waals surface area (Å²) in [5.74, 6) is 0.529. The topological polar surface area (TPSA) is 62.8 Å². The minimum Gasteiger partial charge on any atom is -0.457 e. The largest absolute Gasteiger partial charge is 0.457 e. The second-order valence-corrected chi connectivity index (χ2v) is 8.48. The van der Waals surface area contributed by atoms with E-state index in [0.29, 0.717) is 28.9 Å². The number of likely N-dealkylation sites (tertiary alicyclic amines) is 1. The first-order valence-electron chi connectivity index (χ1n) is 8.77. The highest BCUT2D eigenvalue weighted by Crippen LogP contribution is 2.36. The molecule has 3 aromatic heterocycles. The highest BCUT2D eigenvalue weighted by Gasteiger charge is 2.36. The molecule has 29 heavy (non-hydrogen) atoms. The maximum absolute atomic E-state index is 13.6. The summed E-state index contributed by atoms with van der Waals surface area (Å²) < 4.78 is 50.9. The van der Waals surface area contributed by atoms with Crippen LogP contribution >= 0.6 is 27.9 Å². The number of pyridine rings is 1. The van der Waals surface area contributed by atoms with Crippen LogP contribution in [0.4, 0.5) is 13.2 Å². The lowest BCUT2D eigenvalue weighted by Gasteiger charge is -2.38. The molecule has 0 spiro atoms. The molecular formula is C18H16BrF3N4O2S. The van der Waals surface area contributed by atoms with Crippen molar-refractivity contribution in [2.24, 2.45) is 0 Å². The SMILES string of the molecule is CCSNC1CN(C(=O)c2cn3cc(-c4coc(Br)c4)cc(C(F)(F)F)c3n2)C1. The van der Waals surface area contributed by atoms with E-state index in [1.807, 2.05) is 6.92 Å². The minimum atomic E-state index is -4.62. The number of nitrogens with one attached hydrogen (secondary N) is 1. The Kier molecular flexibility index (Phi) is 5.38. The van der Waals surface area contributed by atoms with Crippen molar-refractivity contribution in [3.05, 3.63) is 46.7 Å². The van der Waals surface area contributed by atoms with E-state index < -0.39 is 11.7 Å². The normalized spacial score (nSPS) is 15.1. The summed E-state index contributed by atoms with van der Waals surface area (Å²) in [7, 11) is 0.